The van der Waals surface area contributed by atoms with E-state index in [1.54, 1.807) is 12.1 Å². The fourth-order valence-corrected chi connectivity index (χ4v) is 4.50. The van der Waals surface area contributed by atoms with E-state index in [4.69, 9.17) is 16.3 Å². The van der Waals surface area contributed by atoms with E-state index in [-0.39, 0.29) is 18.9 Å². The second-order valence-electron chi connectivity index (χ2n) is 6.03. The molecule has 0 bridgehead atoms. The highest BCUT2D eigenvalue weighted by molar-refractivity contribution is 7.98. The van der Waals surface area contributed by atoms with Crippen molar-refractivity contribution in [3.8, 4) is 5.75 Å². The fraction of sp³-hybridized carbons (Fsp3) is 0.278. The number of ether oxygens (including phenoxy) is 1. The first-order chi connectivity index (χ1) is 12.8. The Morgan fingerprint density at radius 2 is 2.04 bits per heavy atom. The Balaban J connectivity index is 1.89. The number of fused-ring (bicyclic) bond motifs is 1. The zero-order valence-electron chi connectivity index (χ0n) is 14.8. The highest BCUT2D eigenvalue weighted by Gasteiger charge is 2.31. The van der Waals surface area contributed by atoms with Crippen molar-refractivity contribution < 1.29 is 17.9 Å². The van der Waals surface area contributed by atoms with E-state index in [2.05, 4.69) is 5.32 Å². The largest absolute Gasteiger partial charge is 0.478 e. The molecule has 27 heavy (non-hydrogen) atoms. The highest BCUT2D eigenvalue weighted by Crippen LogP contribution is 2.36. The standard InChI is InChI=1S/C18H19ClN2O4S2/c1-26-17-6-4-3-5-13(17)20-18(22)16-9-10-21(27(2,23)24)14-11-12(19)7-8-15(14)25-16/h3-8,11,16H,9-10H2,1-2H3,(H,20,22)/t16-/m0/s1. The molecule has 144 valence electrons. The summed E-state index contributed by atoms with van der Waals surface area (Å²) in [6.45, 7) is 0.119. The van der Waals surface area contributed by atoms with Crippen LogP contribution >= 0.6 is 23.4 Å². The maximum absolute atomic E-state index is 12.8. The lowest BCUT2D eigenvalue weighted by Gasteiger charge is -2.21. The van der Waals surface area contributed by atoms with Crippen LogP contribution in [0.2, 0.25) is 5.02 Å². The van der Waals surface area contributed by atoms with Gasteiger partial charge >= 0.3 is 0 Å². The minimum atomic E-state index is -3.54. The first kappa shape index (κ1) is 19.9. The lowest BCUT2D eigenvalue weighted by molar-refractivity contribution is -0.122. The van der Waals surface area contributed by atoms with Crippen LogP contribution in [0.1, 0.15) is 6.42 Å². The van der Waals surface area contributed by atoms with Gasteiger partial charge in [-0.1, -0.05) is 23.7 Å². The Morgan fingerprint density at radius 3 is 2.74 bits per heavy atom. The van der Waals surface area contributed by atoms with Crippen molar-refractivity contribution in [2.75, 3.05) is 28.7 Å². The molecule has 2 aromatic rings. The number of amides is 1. The highest BCUT2D eigenvalue weighted by atomic mass is 35.5. The number of carbonyl (C=O) groups is 1. The molecule has 1 aliphatic rings. The summed E-state index contributed by atoms with van der Waals surface area (Å²) in [4.78, 5) is 13.7. The third-order valence-electron chi connectivity index (χ3n) is 4.11. The number of sulfonamides is 1. The summed E-state index contributed by atoms with van der Waals surface area (Å²) in [5, 5.41) is 3.27. The van der Waals surface area contributed by atoms with Gasteiger partial charge in [-0.25, -0.2) is 8.42 Å². The van der Waals surface area contributed by atoms with Crippen LogP contribution in [0.4, 0.5) is 11.4 Å². The average molecular weight is 427 g/mol. The Hall–Kier alpha value is -1.90. The van der Waals surface area contributed by atoms with E-state index >= 15 is 0 Å². The number of para-hydroxylation sites is 1. The predicted octanol–water partition coefficient (Wildman–Crippen LogP) is 3.62. The molecule has 0 unspecified atom stereocenters. The molecule has 6 nitrogen and oxygen atoms in total. The summed E-state index contributed by atoms with van der Waals surface area (Å²) in [6, 6.07) is 12.2. The molecule has 0 fully saturated rings. The van der Waals surface area contributed by atoms with Crippen LogP contribution in [0.25, 0.3) is 0 Å². The molecule has 1 heterocycles. The van der Waals surface area contributed by atoms with Crippen molar-refractivity contribution in [3.05, 3.63) is 47.5 Å². The molecule has 2 aromatic carbocycles. The van der Waals surface area contributed by atoms with Gasteiger partial charge in [0, 0.05) is 22.9 Å². The van der Waals surface area contributed by atoms with Gasteiger partial charge in [-0.2, -0.15) is 0 Å². The number of halogens is 1. The lowest BCUT2D eigenvalue weighted by atomic mass is 10.2. The first-order valence-electron chi connectivity index (χ1n) is 8.17. The average Bonchev–Trinajstić information content (AvgIpc) is 2.81. The topological polar surface area (TPSA) is 75.7 Å². The maximum atomic E-state index is 12.8. The molecule has 0 aromatic heterocycles. The van der Waals surface area contributed by atoms with Gasteiger partial charge in [0.05, 0.1) is 17.6 Å². The van der Waals surface area contributed by atoms with Crippen molar-refractivity contribution in [1.29, 1.82) is 0 Å². The summed E-state index contributed by atoms with van der Waals surface area (Å²) < 4.78 is 31.5. The smallest absolute Gasteiger partial charge is 0.265 e. The van der Waals surface area contributed by atoms with Gasteiger partial charge in [0.1, 0.15) is 5.75 Å². The summed E-state index contributed by atoms with van der Waals surface area (Å²) in [7, 11) is -3.54. The Bertz CT molecular complexity index is 966. The number of nitrogens with one attached hydrogen (secondary N) is 1. The molecule has 0 saturated carbocycles. The zero-order chi connectivity index (χ0) is 19.6. The van der Waals surface area contributed by atoms with Crippen LogP contribution in [-0.2, 0) is 14.8 Å². The number of carbonyl (C=O) groups excluding carboxylic acids is 1. The van der Waals surface area contributed by atoms with Crippen molar-refractivity contribution in [2.24, 2.45) is 0 Å². The summed E-state index contributed by atoms with van der Waals surface area (Å²) in [5.41, 5.74) is 1.03. The number of benzene rings is 2. The van der Waals surface area contributed by atoms with Gasteiger partial charge in [0.25, 0.3) is 5.91 Å². The van der Waals surface area contributed by atoms with Gasteiger partial charge in [0.2, 0.25) is 10.0 Å². The van der Waals surface area contributed by atoms with Gasteiger partial charge in [-0.3, -0.25) is 9.10 Å². The first-order valence-corrected chi connectivity index (χ1v) is 11.6. The molecule has 0 radical (unpaired) electrons. The molecular weight excluding hydrogens is 408 g/mol. The van der Waals surface area contributed by atoms with E-state index in [1.807, 2.05) is 30.5 Å². The number of hydrogen-bond donors (Lipinski definition) is 1. The normalized spacial score (nSPS) is 16.9. The Morgan fingerprint density at radius 1 is 1.30 bits per heavy atom. The van der Waals surface area contributed by atoms with E-state index in [1.165, 1.54) is 22.1 Å². The van der Waals surface area contributed by atoms with Crippen LogP contribution in [0, 0.1) is 0 Å². The summed E-state index contributed by atoms with van der Waals surface area (Å²) in [5.74, 6) is -0.0200. The van der Waals surface area contributed by atoms with E-state index in [0.717, 1.165) is 11.2 Å². The lowest BCUT2D eigenvalue weighted by Crippen LogP contribution is -2.36. The molecule has 1 atom stereocenters. The molecule has 3 rings (SSSR count). The summed E-state index contributed by atoms with van der Waals surface area (Å²) in [6.07, 6.45) is 2.43. The number of hydrogen-bond acceptors (Lipinski definition) is 5. The Kier molecular flexibility index (Phi) is 5.88. The van der Waals surface area contributed by atoms with E-state index in [0.29, 0.717) is 22.1 Å². The second kappa shape index (κ2) is 8.00. The third kappa shape index (κ3) is 4.51. The molecule has 1 N–H and O–H groups in total. The number of rotatable bonds is 4. The fourth-order valence-electron chi connectivity index (χ4n) is 2.84. The number of nitrogens with zero attached hydrogens (tertiary/aromatic N) is 1. The number of anilines is 2. The molecule has 1 amide bonds. The van der Waals surface area contributed by atoms with Gasteiger partial charge in [-0.15, -0.1) is 11.8 Å². The minimum Gasteiger partial charge on any atom is -0.478 e. The molecule has 0 spiro atoms. The second-order valence-corrected chi connectivity index (χ2v) is 9.22. The van der Waals surface area contributed by atoms with Crippen molar-refractivity contribution in [3.63, 3.8) is 0 Å². The van der Waals surface area contributed by atoms with Crippen LogP contribution < -0.4 is 14.4 Å². The minimum absolute atomic E-state index is 0.119. The zero-order valence-corrected chi connectivity index (χ0v) is 17.2. The molecule has 0 saturated heterocycles. The van der Waals surface area contributed by atoms with Gasteiger partial charge in [-0.05, 0) is 36.6 Å². The van der Waals surface area contributed by atoms with Crippen LogP contribution in [0.3, 0.4) is 0 Å². The Labute approximate surface area is 167 Å². The molecule has 0 aliphatic carbocycles. The molecular formula is C18H19ClN2O4S2. The maximum Gasteiger partial charge on any atom is 0.265 e. The van der Waals surface area contributed by atoms with E-state index in [9.17, 15) is 13.2 Å². The third-order valence-corrected chi connectivity index (χ3v) is 6.32. The van der Waals surface area contributed by atoms with Crippen LogP contribution in [0.5, 0.6) is 5.75 Å². The van der Waals surface area contributed by atoms with Gasteiger partial charge < -0.3 is 10.1 Å². The van der Waals surface area contributed by atoms with Crippen molar-refractivity contribution >= 4 is 50.7 Å². The van der Waals surface area contributed by atoms with E-state index < -0.39 is 16.1 Å². The van der Waals surface area contributed by atoms with Crippen LogP contribution in [-0.4, -0.2) is 39.5 Å². The SMILES string of the molecule is CSc1ccccc1NC(=O)[C@@H]1CCN(S(C)(=O)=O)c2cc(Cl)ccc2O1. The monoisotopic (exact) mass is 426 g/mol. The van der Waals surface area contributed by atoms with Crippen molar-refractivity contribution in [2.45, 2.75) is 17.4 Å². The molecule has 1 aliphatic heterocycles. The summed E-state index contributed by atoms with van der Waals surface area (Å²) >= 11 is 7.55. The van der Waals surface area contributed by atoms with Crippen molar-refractivity contribution in [1.82, 2.24) is 0 Å². The van der Waals surface area contributed by atoms with Crippen LogP contribution in [0.15, 0.2) is 47.4 Å². The number of thioether (sulfide) groups is 1. The quantitative estimate of drug-likeness (QED) is 0.755. The van der Waals surface area contributed by atoms with Gasteiger partial charge in [0.15, 0.2) is 6.10 Å². The predicted molar refractivity (Wildman–Crippen MR) is 110 cm³/mol. The molecule has 9 heteroatoms.